The summed E-state index contributed by atoms with van der Waals surface area (Å²) >= 11 is 0. The first-order chi connectivity index (χ1) is 9.38. The number of halogens is 2. The van der Waals surface area contributed by atoms with Gasteiger partial charge in [0.2, 0.25) is 0 Å². The molecule has 20 heavy (non-hydrogen) atoms. The molecule has 0 atom stereocenters. The van der Waals surface area contributed by atoms with Gasteiger partial charge in [-0.05, 0) is 18.6 Å². The van der Waals surface area contributed by atoms with Gasteiger partial charge in [-0.25, -0.2) is 13.6 Å². The van der Waals surface area contributed by atoms with Gasteiger partial charge in [-0.1, -0.05) is 0 Å². The summed E-state index contributed by atoms with van der Waals surface area (Å²) in [5, 5.41) is 8.95. The third kappa shape index (κ3) is 3.74. The number of benzene rings is 1. The lowest BCUT2D eigenvalue weighted by Gasteiger charge is -2.18. The molecule has 1 rings (SSSR count). The zero-order valence-electron chi connectivity index (χ0n) is 11.2. The number of carboxylic acid groups (broad SMARTS) is 1. The number of carboxylic acids is 1. The fourth-order valence-electron chi connectivity index (χ4n) is 1.65. The highest BCUT2D eigenvalue weighted by Gasteiger charge is 2.22. The van der Waals surface area contributed by atoms with Gasteiger partial charge in [-0.15, -0.1) is 0 Å². The molecule has 0 aliphatic carbocycles. The topological polar surface area (TPSA) is 66.8 Å². The van der Waals surface area contributed by atoms with Gasteiger partial charge in [0, 0.05) is 27.3 Å². The zero-order chi connectivity index (χ0) is 15.3. The van der Waals surface area contributed by atoms with Crippen LogP contribution in [0.4, 0.5) is 8.78 Å². The van der Waals surface area contributed by atoms with Crippen LogP contribution in [0.3, 0.4) is 0 Å². The number of hydrogen-bond acceptors (Lipinski definition) is 3. The molecule has 110 valence electrons. The van der Waals surface area contributed by atoms with Crippen molar-refractivity contribution in [3.63, 3.8) is 0 Å². The Bertz CT molecular complexity index is 519. The maximum Gasteiger partial charge on any atom is 0.336 e. The van der Waals surface area contributed by atoms with Crippen LogP contribution < -0.4 is 0 Å². The summed E-state index contributed by atoms with van der Waals surface area (Å²) in [6.07, 6.45) is 0.546. The van der Waals surface area contributed by atoms with E-state index in [4.69, 9.17) is 9.84 Å². The molecule has 0 saturated heterocycles. The van der Waals surface area contributed by atoms with Crippen molar-refractivity contribution in [2.75, 3.05) is 27.3 Å². The molecule has 0 spiro atoms. The molecule has 0 unspecified atom stereocenters. The lowest BCUT2D eigenvalue weighted by molar-refractivity contribution is 0.0678. The van der Waals surface area contributed by atoms with Crippen molar-refractivity contribution in [1.82, 2.24) is 4.90 Å². The quantitative estimate of drug-likeness (QED) is 0.810. The number of rotatable bonds is 6. The van der Waals surface area contributed by atoms with E-state index >= 15 is 0 Å². The number of aromatic carboxylic acids is 1. The Morgan fingerprint density at radius 3 is 2.30 bits per heavy atom. The van der Waals surface area contributed by atoms with Gasteiger partial charge < -0.3 is 14.7 Å². The van der Waals surface area contributed by atoms with Crippen LogP contribution in [-0.4, -0.2) is 49.2 Å². The number of hydrogen-bond donors (Lipinski definition) is 1. The lowest BCUT2D eigenvalue weighted by Crippen LogP contribution is -2.30. The van der Waals surface area contributed by atoms with Crippen molar-refractivity contribution < 1.29 is 28.2 Å². The molecular formula is C13H15F2NO4. The first-order valence-corrected chi connectivity index (χ1v) is 5.85. The van der Waals surface area contributed by atoms with E-state index in [2.05, 4.69) is 0 Å². The molecule has 0 bridgehead atoms. The van der Waals surface area contributed by atoms with Crippen molar-refractivity contribution in [2.45, 2.75) is 6.42 Å². The van der Waals surface area contributed by atoms with E-state index in [1.54, 1.807) is 0 Å². The Morgan fingerprint density at radius 2 is 1.80 bits per heavy atom. The van der Waals surface area contributed by atoms with Crippen LogP contribution in [0.25, 0.3) is 0 Å². The molecule has 0 radical (unpaired) electrons. The van der Waals surface area contributed by atoms with Gasteiger partial charge in [0.05, 0.1) is 11.1 Å². The molecule has 1 N–H and O–H groups in total. The first-order valence-electron chi connectivity index (χ1n) is 5.85. The van der Waals surface area contributed by atoms with Gasteiger partial charge in [0.1, 0.15) is 0 Å². The lowest BCUT2D eigenvalue weighted by atomic mass is 10.1. The van der Waals surface area contributed by atoms with Crippen LogP contribution in [0.2, 0.25) is 0 Å². The minimum Gasteiger partial charge on any atom is -0.478 e. The molecule has 0 saturated carbocycles. The Labute approximate surface area is 114 Å². The van der Waals surface area contributed by atoms with Crippen LogP contribution >= 0.6 is 0 Å². The molecule has 7 heteroatoms. The molecular weight excluding hydrogens is 272 g/mol. The van der Waals surface area contributed by atoms with Crippen LogP contribution in [0.5, 0.6) is 0 Å². The average Bonchev–Trinajstić information content (AvgIpc) is 2.40. The van der Waals surface area contributed by atoms with Gasteiger partial charge in [-0.2, -0.15) is 0 Å². The number of amides is 1. The highest BCUT2D eigenvalue weighted by atomic mass is 19.2. The third-order valence-corrected chi connectivity index (χ3v) is 2.71. The highest BCUT2D eigenvalue weighted by Crippen LogP contribution is 2.17. The van der Waals surface area contributed by atoms with Crippen molar-refractivity contribution in [3.8, 4) is 0 Å². The van der Waals surface area contributed by atoms with Gasteiger partial charge in [0.15, 0.2) is 11.6 Å². The number of nitrogens with zero attached hydrogens (tertiary/aromatic N) is 1. The normalized spacial score (nSPS) is 10.4. The van der Waals surface area contributed by atoms with Gasteiger partial charge in [0.25, 0.3) is 5.91 Å². The number of carbonyl (C=O) groups is 2. The molecule has 1 aromatic carbocycles. The summed E-state index contributed by atoms with van der Waals surface area (Å²) in [6.45, 7) is 0.742. The van der Waals surface area contributed by atoms with Gasteiger partial charge >= 0.3 is 5.97 Å². The Balaban J connectivity index is 3.02. The van der Waals surface area contributed by atoms with E-state index in [9.17, 15) is 18.4 Å². The van der Waals surface area contributed by atoms with E-state index in [-0.39, 0.29) is 5.56 Å². The van der Waals surface area contributed by atoms with Crippen LogP contribution in [0, 0.1) is 11.6 Å². The minimum atomic E-state index is -1.49. The SMILES string of the molecule is COCCCN(C)C(=O)c1cc(F)c(F)cc1C(=O)O. The molecule has 0 fully saturated rings. The second-order valence-corrected chi connectivity index (χ2v) is 4.19. The molecule has 0 aliphatic rings. The van der Waals surface area contributed by atoms with Crippen LogP contribution in [0.15, 0.2) is 12.1 Å². The van der Waals surface area contributed by atoms with Crippen molar-refractivity contribution >= 4 is 11.9 Å². The summed E-state index contributed by atoms with van der Waals surface area (Å²) in [5.74, 6) is -4.74. The maximum absolute atomic E-state index is 13.2. The van der Waals surface area contributed by atoms with Crippen LogP contribution in [-0.2, 0) is 4.74 Å². The Kier molecular flexibility index (Phi) is 5.57. The van der Waals surface area contributed by atoms with E-state index < -0.39 is 29.1 Å². The van der Waals surface area contributed by atoms with E-state index in [1.807, 2.05) is 0 Å². The summed E-state index contributed by atoms with van der Waals surface area (Å²) < 4.78 is 31.1. The number of methoxy groups -OCH3 is 1. The molecule has 5 nitrogen and oxygen atoms in total. The second-order valence-electron chi connectivity index (χ2n) is 4.19. The first kappa shape index (κ1) is 16.0. The van der Waals surface area contributed by atoms with E-state index in [1.165, 1.54) is 19.1 Å². The fraction of sp³-hybridized carbons (Fsp3) is 0.385. The maximum atomic E-state index is 13.2. The van der Waals surface area contributed by atoms with E-state index in [0.717, 1.165) is 0 Å². The number of ether oxygens (including phenoxy) is 1. The largest absolute Gasteiger partial charge is 0.478 e. The van der Waals surface area contributed by atoms with Crippen molar-refractivity contribution in [1.29, 1.82) is 0 Å². The number of carbonyl (C=O) groups excluding carboxylic acids is 1. The summed E-state index contributed by atoms with van der Waals surface area (Å²) in [6, 6.07) is 1.11. The molecule has 0 heterocycles. The summed E-state index contributed by atoms with van der Waals surface area (Å²) in [5.41, 5.74) is -0.941. The van der Waals surface area contributed by atoms with Gasteiger partial charge in [-0.3, -0.25) is 4.79 Å². The monoisotopic (exact) mass is 287 g/mol. The molecule has 0 aromatic heterocycles. The fourth-order valence-corrected chi connectivity index (χ4v) is 1.65. The van der Waals surface area contributed by atoms with Crippen LogP contribution in [0.1, 0.15) is 27.1 Å². The minimum absolute atomic E-state index is 0.310. The smallest absolute Gasteiger partial charge is 0.336 e. The molecule has 1 aromatic rings. The molecule has 1 amide bonds. The molecule has 0 aliphatic heterocycles. The Morgan fingerprint density at radius 1 is 1.25 bits per heavy atom. The predicted molar refractivity (Wildman–Crippen MR) is 66.8 cm³/mol. The Hall–Kier alpha value is -2.02. The van der Waals surface area contributed by atoms with E-state index in [0.29, 0.717) is 31.7 Å². The third-order valence-electron chi connectivity index (χ3n) is 2.71. The average molecular weight is 287 g/mol. The zero-order valence-corrected chi connectivity index (χ0v) is 11.2. The standard InChI is InChI=1S/C13H15F2NO4/c1-16(4-3-5-20-2)12(17)8-6-10(14)11(15)7-9(8)13(18)19/h6-7H,3-5H2,1-2H3,(H,18,19). The summed E-state index contributed by atoms with van der Waals surface area (Å²) in [4.78, 5) is 24.3. The highest BCUT2D eigenvalue weighted by molar-refractivity contribution is 6.04. The van der Waals surface area contributed by atoms with Crippen molar-refractivity contribution in [2.24, 2.45) is 0 Å². The summed E-state index contributed by atoms with van der Waals surface area (Å²) in [7, 11) is 2.96. The second kappa shape index (κ2) is 6.95. The predicted octanol–water partition coefficient (Wildman–Crippen LogP) is 1.77. The van der Waals surface area contributed by atoms with Crippen molar-refractivity contribution in [3.05, 3.63) is 34.9 Å².